The van der Waals surface area contributed by atoms with Gasteiger partial charge in [0, 0.05) is 16.6 Å². The molecule has 0 aromatic heterocycles. The Morgan fingerprint density at radius 1 is 1.28 bits per heavy atom. The lowest BCUT2D eigenvalue weighted by molar-refractivity contribution is -0.117. The van der Waals surface area contributed by atoms with Crippen LogP contribution in [0.2, 0.25) is 0 Å². The van der Waals surface area contributed by atoms with Crippen molar-refractivity contribution >= 4 is 27.9 Å². The van der Waals surface area contributed by atoms with Gasteiger partial charge in [-0.25, -0.2) is 0 Å². The Labute approximate surface area is 151 Å². The Bertz CT molecular complexity index is 818. The van der Waals surface area contributed by atoms with Gasteiger partial charge in [0.05, 0.1) is 0 Å². The van der Waals surface area contributed by atoms with E-state index in [4.69, 9.17) is 0 Å². The molecule has 0 heterocycles. The summed E-state index contributed by atoms with van der Waals surface area (Å²) in [4.78, 5) is 12.2. The second-order valence-corrected chi connectivity index (χ2v) is 5.81. The summed E-state index contributed by atoms with van der Waals surface area (Å²) in [7, 11) is 0. The van der Waals surface area contributed by atoms with E-state index >= 15 is 0 Å². The largest absolute Gasteiger partial charge is 0.434 e. The Hall–Kier alpha value is -2.72. The first-order valence-electron chi connectivity index (χ1n) is 7.18. The number of benzene rings is 2. The van der Waals surface area contributed by atoms with E-state index in [-0.39, 0.29) is 23.4 Å². The predicted octanol–water partition coefficient (Wildman–Crippen LogP) is 4.27. The number of amides is 1. The highest BCUT2D eigenvalue weighted by Gasteiger charge is 2.13. The molecule has 25 heavy (non-hydrogen) atoms. The number of hydrogen-bond donors (Lipinski definition) is 1. The number of nitriles is 1. The highest BCUT2D eigenvalue weighted by Crippen LogP contribution is 2.27. The minimum absolute atomic E-state index is 0.123. The lowest BCUT2D eigenvalue weighted by atomic mass is 10.1. The monoisotopic (exact) mass is 406 g/mol. The Morgan fingerprint density at radius 3 is 2.64 bits per heavy atom. The number of carbonyl (C=O) groups is 1. The van der Waals surface area contributed by atoms with E-state index in [9.17, 15) is 18.8 Å². The van der Waals surface area contributed by atoms with E-state index in [1.807, 2.05) is 30.3 Å². The molecule has 0 aliphatic heterocycles. The van der Waals surface area contributed by atoms with Gasteiger partial charge in [-0.15, -0.1) is 0 Å². The fraction of sp³-hybridized carbons (Fsp3) is 0.111. The van der Waals surface area contributed by atoms with E-state index < -0.39 is 12.5 Å². The lowest BCUT2D eigenvalue weighted by Crippen LogP contribution is -2.23. The summed E-state index contributed by atoms with van der Waals surface area (Å²) in [5.74, 6) is -0.726. The number of carbonyl (C=O) groups excluding carboxylic acids is 1. The van der Waals surface area contributed by atoms with Gasteiger partial charge in [0.25, 0.3) is 5.91 Å². The van der Waals surface area contributed by atoms with Crippen LogP contribution in [0.25, 0.3) is 6.08 Å². The topological polar surface area (TPSA) is 62.1 Å². The third kappa shape index (κ3) is 5.69. The van der Waals surface area contributed by atoms with E-state index in [1.54, 1.807) is 6.07 Å². The van der Waals surface area contributed by atoms with Gasteiger partial charge in [-0.3, -0.25) is 4.79 Å². The maximum Gasteiger partial charge on any atom is 0.387 e. The molecule has 128 valence electrons. The number of nitrogens with zero attached hydrogens (tertiary/aromatic N) is 1. The Morgan fingerprint density at radius 2 is 2.00 bits per heavy atom. The number of hydrogen-bond acceptors (Lipinski definition) is 3. The molecule has 2 rings (SSSR count). The van der Waals surface area contributed by atoms with Gasteiger partial charge in [-0.05, 0) is 29.8 Å². The summed E-state index contributed by atoms with van der Waals surface area (Å²) >= 11 is 3.22. The van der Waals surface area contributed by atoms with E-state index in [1.165, 1.54) is 24.3 Å². The summed E-state index contributed by atoms with van der Waals surface area (Å²) in [5, 5.41) is 11.8. The quantitative estimate of drug-likeness (QED) is 0.575. The molecule has 1 amide bonds. The summed E-state index contributed by atoms with van der Waals surface area (Å²) in [6.07, 6.45) is 1.21. The van der Waals surface area contributed by atoms with Gasteiger partial charge in [0.2, 0.25) is 0 Å². The predicted molar refractivity (Wildman–Crippen MR) is 92.7 cm³/mol. The number of ether oxygens (including phenoxy) is 1. The molecule has 0 fully saturated rings. The molecule has 0 saturated heterocycles. The zero-order valence-corrected chi connectivity index (χ0v) is 14.5. The van der Waals surface area contributed by atoms with Crippen LogP contribution in [0.1, 0.15) is 11.1 Å². The Kier molecular flexibility index (Phi) is 6.66. The second kappa shape index (κ2) is 8.94. The molecule has 0 atom stereocenters. The third-order valence-corrected chi connectivity index (χ3v) is 3.64. The molecule has 0 bridgehead atoms. The number of rotatable bonds is 6. The van der Waals surface area contributed by atoms with Crippen LogP contribution in [0.5, 0.6) is 5.75 Å². The average molecular weight is 407 g/mol. The molecule has 2 aromatic rings. The van der Waals surface area contributed by atoms with Gasteiger partial charge in [-0.2, -0.15) is 14.0 Å². The van der Waals surface area contributed by atoms with Crippen molar-refractivity contribution in [1.29, 1.82) is 5.26 Å². The molecule has 0 unspecified atom stereocenters. The van der Waals surface area contributed by atoms with Crippen LogP contribution in [-0.2, 0) is 11.3 Å². The maximum absolute atomic E-state index is 12.5. The van der Waals surface area contributed by atoms with Crippen LogP contribution in [0.15, 0.2) is 58.6 Å². The van der Waals surface area contributed by atoms with E-state index in [2.05, 4.69) is 26.0 Å². The third-order valence-electron chi connectivity index (χ3n) is 3.15. The molecule has 0 spiro atoms. The van der Waals surface area contributed by atoms with Crippen LogP contribution in [-0.4, -0.2) is 12.5 Å². The summed E-state index contributed by atoms with van der Waals surface area (Å²) in [5.41, 5.74) is 0.853. The van der Waals surface area contributed by atoms with E-state index in [0.717, 1.165) is 5.56 Å². The second-order valence-electron chi connectivity index (χ2n) is 4.90. The minimum atomic E-state index is -3.01. The molecule has 7 heteroatoms. The van der Waals surface area contributed by atoms with Gasteiger partial charge in [0.1, 0.15) is 17.4 Å². The van der Waals surface area contributed by atoms with Crippen molar-refractivity contribution in [2.45, 2.75) is 13.2 Å². The highest BCUT2D eigenvalue weighted by atomic mass is 79.9. The van der Waals surface area contributed by atoms with Crippen molar-refractivity contribution < 1.29 is 18.3 Å². The van der Waals surface area contributed by atoms with Crippen molar-refractivity contribution in [3.05, 3.63) is 69.7 Å². The fourth-order valence-electron chi connectivity index (χ4n) is 2.01. The summed E-state index contributed by atoms with van der Waals surface area (Å²) in [6, 6.07) is 15.3. The molecule has 0 aliphatic carbocycles. The van der Waals surface area contributed by atoms with Crippen LogP contribution < -0.4 is 10.1 Å². The molecule has 0 radical (unpaired) electrons. The number of halogens is 3. The first kappa shape index (κ1) is 18.6. The standard InChI is InChI=1S/C18H13BrF2N2O2/c19-15-6-7-16(25-18(20)21)13(9-15)8-14(10-22)17(24)23-11-12-4-2-1-3-5-12/h1-9,18H,11H2,(H,23,24)/b14-8-. The minimum Gasteiger partial charge on any atom is -0.434 e. The summed E-state index contributed by atoms with van der Waals surface area (Å²) < 4.78 is 30.0. The molecular formula is C18H13BrF2N2O2. The first-order chi connectivity index (χ1) is 12.0. The number of alkyl halides is 2. The van der Waals surface area contributed by atoms with Crippen molar-refractivity contribution in [1.82, 2.24) is 5.32 Å². The Balaban J connectivity index is 2.20. The SMILES string of the molecule is N#C/C(=C/c1cc(Br)ccc1OC(F)F)C(=O)NCc1ccccc1. The average Bonchev–Trinajstić information content (AvgIpc) is 2.60. The van der Waals surface area contributed by atoms with Crippen molar-refractivity contribution in [2.24, 2.45) is 0 Å². The van der Waals surface area contributed by atoms with E-state index in [0.29, 0.717) is 4.47 Å². The van der Waals surface area contributed by atoms with Gasteiger partial charge in [0.15, 0.2) is 0 Å². The molecule has 0 saturated carbocycles. The highest BCUT2D eigenvalue weighted by molar-refractivity contribution is 9.10. The fourth-order valence-corrected chi connectivity index (χ4v) is 2.39. The number of nitrogens with one attached hydrogen (secondary N) is 1. The zero-order chi connectivity index (χ0) is 18.2. The van der Waals surface area contributed by atoms with Gasteiger partial charge in [-0.1, -0.05) is 46.3 Å². The van der Waals surface area contributed by atoms with Crippen LogP contribution in [0.3, 0.4) is 0 Å². The van der Waals surface area contributed by atoms with Crippen LogP contribution >= 0.6 is 15.9 Å². The zero-order valence-electron chi connectivity index (χ0n) is 12.9. The van der Waals surface area contributed by atoms with Crippen molar-refractivity contribution in [3.63, 3.8) is 0 Å². The van der Waals surface area contributed by atoms with Crippen molar-refractivity contribution in [3.8, 4) is 11.8 Å². The molecular weight excluding hydrogens is 394 g/mol. The van der Waals surface area contributed by atoms with Gasteiger partial charge < -0.3 is 10.1 Å². The summed E-state index contributed by atoms with van der Waals surface area (Å²) in [6.45, 7) is -2.76. The van der Waals surface area contributed by atoms with Gasteiger partial charge >= 0.3 is 6.61 Å². The first-order valence-corrected chi connectivity index (χ1v) is 7.97. The maximum atomic E-state index is 12.5. The van der Waals surface area contributed by atoms with Crippen LogP contribution in [0.4, 0.5) is 8.78 Å². The lowest BCUT2D eigenvalue weighted by Gasteiger charge is -2.09. The van der Waals surface area contributed by atoms with Crippen LogP contribution in [0, 0.1) is 11.3 Å². The molecule has 1 N–H and O–H groups in total. The van der Waals surface area contributed by atoms with Crippen molar-refractivity contribution in [2.75, 3.05) is 0 Å². The normalized spacial score (nSPS) is 11.1. The smallest absolute Gasteiger partial charge is 0.387 e. The molecule has 2 aromatic carbocycles. The molecule has 4 nitrogen and oxygen atoms in total. The molecule has 0 aliphatic rings.